The number of furan rings is 1. The van der Waals surface area contributed by atoms with E-state index in [2.05, 4.69) is 41.5 Å². The molecule has 0 unspecified atom stereocenters. The van der Waals surface area contributed by atoms with Crippen LogP contribution < -0.4 is 5.32 Å². The molecular formula is C19H26N2O. The molecule has 0 aliphatic carbocycles. The Balaban J connectivity index is 1.40. The van der Waals surface area contributed by atoms with Crippen LogP contribution in [0.3, 0.4) is 0 Å². The van der Waals surface area contributed by atoms with Crippen molar-refractivity contribution in [3.63, 3.8) is 0 Å². The first kappa shape index (κ1) is 15.3. The number of nitrogens with one attached hydrogen (secondary N) is 1. The highest BCUT2D eigenvalue weighted by Crippen LogP contribution is 2.22. The van der Waals surface area contributed by atoms with E-state index in [0.29, 0.717) is 0 Å². The number of nitrogens with zero attached hydrogens (tertiary/aromatic N) is 1. The molecule has 3 rings (SSSR count). The Bertz CT molecular complexity index is 556. The molecule has 118 valence electrons. The summed E-state index contributed by atoms with van der Waals surface area (Å²) in [5.41, 5.74) is 1.14. The van der Waals surface area contributed by atoms with Gasteiger partial charge in [-0.05, 0) is 64.0 Å². The number of likely N-dealkylation sites (tertiary alicyclic amines) is 1. The maximum Gasteiger partial charge on any atom is 0.134 e. The average molecular weight is 298 g/mol. The monoisotopic (exact) mass is 298 g/mol. The van der Waals surface area contributed by atoms with E-state index in [1.54, 1.807) is 0 Å². The Kier molecular flexibility index (Phi) is 5.30. The predicted molar refractivity (Wildman–Crippen MR) is 90.7 cm³/mol. The third-order valence-electron chi connectivity index (χ3n) is 4.59. The summed E-state index contributed by atoms with van der Waals surface area (Å²) >= 11 is 0. The SMILES string of the molecule is CN1CCC(CCNCc2ccc(-c3ccccc3)o2)CC1. The molecule has 0 radical (unpaired) electrons. The van der Waals surface area contributed by atoms with Crippen LogP contribution in [0.4, 0.5) is 0 Å². The van der Waals surface area contributed by atoms with E-state index in [-0.39, 0.29) is 0 Å². The molecule has 1 aliphatic heterocycles. The summed E-state index contributed by atoms with van der Waals surface area (Å²) in [5.74, 6) is 2.86. The highest BCUT2D eigenvalue weighted by Gasteiger charge is 2.15. The van der Waals surface area contributed by atoms with E-state index in [0.717, 1.165) is 36.1 Å². The minimum atomic E-state index is 0.819. The second-order valence-electron chi connectivity index (χ2n) is 6.34. The molecular weight excluding hydrogens is 272 g/mol. The largest absolute Gasteiger partial charge is 0.460 e. The number of rotatable bonds is 6. The van der Waals surface area contributed by atoms with E-state index in [1.807, 2.05) is 18.2 Å². The van der Waals surface area contributed by atoms with Gasteiger partial charge in [0.1, 0.15) is 11.5 Å². The molecule has 1 aromatic heterocycles. The quantitative estimate of drug-likeness (QED) is 0.823. The molecule has 1 aromatic carbocycles. The van der Waals surface area contributed by atoms with Gasteiger partial charge in [0.25, 0.3) is 0 Å². The van der Waals surface area contributed by atoms with Gasteiger partial charge in [0.15, 0.2) is 0 Å². The molecule has 0 saturated carbocycles. The van der Waals surface area contributed by atoms with Crippen LogP contribution in [-0.4, -0.2) is 31.6 Å². The first-order valence-electron chi connectivity index (χ1n) is 8.34. The lowest BCUT2D eigenvalue weighted by atomic mass is 9.94. The van der Waals surface area contributed by atoms with Gasteiger partial charge in [-0.2, -0.15) is 0 Å². The molecule has 22 heavy (non-hydrogen) atoms. The smallest absolute Gasteiger partial charge is 0.134 e. The van der Waals surface area contributed by atoms with Crippen molar-refractivity contribution in [1.82, 2.24) is 10.2 Å². The fourth-order valence-corrected chi connectivity index (χ4v) is 3.10. The molecule has 0 atom stereocenters. The Morgan fingerprint density at radius 2 is 1.86 bits per heavy atom. The van der Waals surface area contributed by atoms with Crippen LogP contribution >= 0.6 is 0 Å². The van der Waals surface area contributed by atoms with Crippen molar-refractivity contribution in [3.8, 4) is 11.3 Å². The van der Waals surface area contributed by atoms with Gasteiger partial charge in [-0.1, -0.05) is 30.3 Å². The molecule has 0 bridgehead atoms. The van der Waals surface area contributed by atoms with Crippen molar-refractivity contribution in [3.05, 3.63) is 48.2 Å². The Morgan fingerprint density at radius 3 is 2.64 bits per heavy atom. The van der Waals surface area contributed by atoms with Gasteiger partial charge in [-0.3, -0.25) is 0 Å². The van der Waals surface area contributed by atoms with Crippen LogP contribution in [0.2, 0.25) is 0 Å². The molecule has 3 heteroatoms. The molecule has 1 N–H and O–H groups in total. The zero-order chi connectivity index (χ0) is 15.2. The van der Waals surface area contributed by atoms with Crippen molar-refractivity contribution in [1.29, 1.82) is 0 Å². The first-order valence-corrected chi connectivity index (χ1v) is 8.34. The predicted octanol–water partition coefficient (Wildman–Crippen LogP) is 3.77. The van der Waals surface area contributed by atoms with E-state index in [9.17, 15) is 0 Å². The maximum absolute atomic E-state index is 5.91. The van der Waals surface area contributed by atoms with Crippen molar-refractivity contribution < 1.29 is 4.42 Å². The van der Waals surface area contributed by atoms with Crippen LogP contribution in [0, 0.1) is 5.92 Å². The number of hydrogen-bond acceptors (Lipinski definition) is 3. The van der Waals surface area contributed by atoms with Crippen LogP contribution in [0.15, 0.2) is 46.9 Å². The molecule has 3 nitrogen and oxygen atoms in total. The number of hydrogen-bond donors (Lipinski definition) is 1. The Hall–Kier alpha value is -1.58. The highest BCUT2D eigenvalue weighted by molar-refractivity contribution is 5.57. The minimum Gasteiger partial charge on any atom is -0.460 e. The third kappa shape index (κ3) is 4.21. The summed E-state index contributed by atoms with van der Waals surface area (Å²) in [4.78, 5) is 2.43. The van der Waals surface area contributed by atoms with Crippen LogP contribution in [0.1, 0.15) is 25.0 Å². The number of piperidine rings is 1. The zero-order valence-electron chi connectivity index (χ0n) is 13.4. The Morgan fingerprint density at radius 1 is 1.09 bits per heavy atom. The van der Waals surface area contributed by atoms with Gasteiger partial charge in [0.2, 0.25) is 0 Å². The summed E-state index contributed by atoms with van der Waals surface area (Å²) in [7, 11) is 2.22. The summed E-state index contributed by atoms with van der Waals surface area (Å²) in [6.45, 7) is 4.40. The summed E-state index contributed by atoms with van der Waals surface area (Å²) in [6.07, 6.45) is 3.97. The molecule has 0 spiro atoms. The summed E-state index contributed by atoms with van der Waals surface area (Å²) in [6, 6.07) is 14.4. The normalized spacial score (nSPS) is 17.0. The van der Waals surface area contributed by atoms with Crippen molar-refractivity contribution in [2.75, 3.05) is 26.7 Å². The molecule has 2 heterocycles. The molecule has 2 aromatic rings. The van der Waals surface area contributed by atoms with Crippen LogP contribution in [-0.2, 0) is 6.54 Å². The molecule has 0 amide bonds. The van der Waals surface area contributed by atoms with Crippen LogP contribution in [0.5, 0.6) is 0 Å². The first-order chi connectivity index (χ1) is 10.8. The van der Waals surface area contributed by atoms with Crippen molar-refractivity contribution >= 4 is 0 Å². The second kappa shape index (κ2) is 7.61. The second-order valence-corrected chi connectivity index (χ2v) is 6.34. The van der Waals surface area contributed by atoms with Gasteiger partial charge < -0.3 is 14.6 Å². The van der Waals surface area contributed by atoms with E-state index in [1.165, 1.54) is 32.4 Å². The minimum absolute atomic E-state index is 0.819. The molecule has 1 fully saturated rings. The Labute approximate surface area is 133 Å². The number of benzene rings is 1. The zero-order valence-corrected chi connectivity index (χ0v) is 13.4. The van der Waals surface area contributed by atoms with Gasteiger partial charge in [-0.25, -0.2) is 0 Å². The lowest BCUT2D eigenvalue weighted by Gasteiger charge is -2.28. The van der Waals surface area contributed by atoms with E-state index < -0.39 is 0 Å². The van der Waals surface area contributed by atoms with Gasteiger partial charge in [-0.15, -0.1) is 0 Å². The third-order valence-corrected chi connectivity index (χ3v) is 4.59. The van der Waals surface area contributed by atoms with Crippen molar-refractivity contribution in [2.45, 2.75) is 25.8 Å². The lowest BCUT2D eigenvalue weighted by molar-refractivity contribution is 0.211. The van der Waals surface area contributed by atoms with Crippen molar-refractivity contribution in [2.24, 2.45) is 5.92 Å². The molecule has 1 aliphatic rings. The van der Waals surface area contributed by atoms with E-state index in [4.69, 9.17) is 4.42 Å². The van der Waals surface area contributed by atoms with E-state index >= 15 is 0 Å². The standard InChI is InChI=1S/C19H26N2O/c1-21-13-10-16(11-14-21)9-12-20-15-18-7-8-19(22-18)17-5-3-2-4-6-17/h2-8,16,20H,9-15H2,1H3. The molecule has 1 saturated heterocycles. The van der Waals surface area contributed by atoms with Gasteiger partial charge in [0, 0.05) is 5.56 Å². The topological polar surface area (TPSA) is 28.4 Å². The van der Waals surface area contributed by atoms with Gasteiger partial charge in [0.05, 0.1) is 6.54 Å². The van der Waals surface area contributed by atoms with Gasteiger partial charge >= 0.3 is 0 Å². The lowest BCUT2D eigenvalue weighted by Crippen LogP contribution is -2.31. The highest BCUT2D eigenvalue weighted by atomic mass is 16.3. The average Bonchev–Trinajstić information content (AvgIpc) is 3.03. The fourth-order valence-electron chi connectivity index (χ4n) is 3.10. The summed E-state index contributed by atoms with van der Waals surface area (Å²) < 4.78 is 5.91. The summed E-state index contributed by atoms with van der Waals surface area (Å²) in [5, 5.41) is 3.52. The fraction of sp³-hybridized carbons (Fsp3) is 0.474. The maximum atomic E-state index is 5.91. The van der Waals surface area contributed by atoms with Crippen LogP contribution in [0.25, 0.3) is 11.3 Å².